The van der Waals surface area contributed by atoms with Gasteiger partial charge < -0.3 is 5.73 Å². The minimum Gasteiger partial charge on any atom is -0.330 e. The van der Waals surface area contributed by atoms with Crippen molar-refractivity contribution < 1.29 is 8.42 Å². The maximum atomic E-state index is 12.5. The number of nitrogens with two attached hydrogens (primary N) is 1. The lowest BCUT2D eigenvalue weighted by atomic mass is 9.96. The summed E-state index contributed by atoms with van der Waals surface area (Å²) >= 11 is 0. The summed E-state index contributed by atoms with van der Waals surface area (Å²) in [6, 6.07) is 1.54. The van der Waals surface area contributed by atoms with Gasteiger partial charge in [0.05, 0.1) is 6.20 Å². The Morgan fingerprint density at radius 3 is 2.94 bits per heavy atom. The Hall–Kier alpha value is -0.920. The second kappa shape index (κ2) is 5.38. The van der Waals surface area contributed by atoms with Crippen LogP contribution in [0.1, 0.15) is 19.3 Å². The number of sulfonamides is 1. The molecule has 2 rings (SSSR count). The summed E-state index contributed by atoms with van der Waals surface area (Å²) in [6.07, 6.45) is 4.36. The normalized spacial score (nSPS) is 22.2. The molecule has 0 spiro atoms. The van der Waals surface area contributed by atoms with Crippen molar-refractivity contribution in [3.05, 3.63) is 12.3 Å². The molecule has 6 nitrogen and oxygen atoms in total. The first kappa shape index (κ1) is 13.5. The molecule has 102 valence electrons. The zero-order valence-corrected chi connectivity index (χ0v) is 11.4. The van der Waals surface area contributed by atoms with E-state index in [1.807, 2.05) is 0 Å². The third kappa shape index (κ3) is 2.57. The lowest BCUT2D eigenvalue weighted by Gasteiger charge is -2.31. The van der Waals surface area contributed by atoms with Crippen LogP contribution in [0.15, 0.2) is 17.3 Å². The van der Waals surface area contributed by atoms with E-state index in [2.05, 4.69) is 5.10 Å². The van der Waals surface area contributed by atoms with E-state index in [0.29, 0.717) is 25.6 Å². The van der Waals surface area contributed by atoms with Crippen LogP contribution in [-0.2, 0) is 17.1 Å². The third-order valence-corrected chi connectivity index (χ3v) is 5.38. The molecule has 2 N–H and O–H groups in total. The number of aromatic nitrogens is 2. The van der Waals surface area contributed by atoms with Gasteiger partial charge in [0.25, 0.3) is 10.0 Å². The quantitative estimate of drug-likeness (QED) is 0.847. The summed E-state index contributed by atoms with van der Waals surface area (Å²) in [5.74, 6) is 0.381. The smallest absolute Gasteiger partial charge is 0.260 e. The molecular formula is C11H20N4O2S. The molecule has 1 aromatic rings. The molecule has 0 aliphatic carbocycles. The molecule has 1 atom stereocenters. The van der Waals surface area contributed by atoms with Crippen molar-refractivity contribution in [3.8, 4) is 0 Å². The highest BCUT2D eigenvalue weighted by molar-refractivity contribution is 7.89. The predicted octanol–water partition coefficient (Wildman–Crippen LogP) is 0.170. The molecule has 0 aromatic carbocycles. The number of hydrogen-bond acceptors (Lipinski definition) is 4. The van der Waals surface area contributed by atoms with Crippen LogP contribution >= 0.6 is 0 Å². The molecule has 0 amide bonds. The second-order valence-electron chi connectivity index (χ2n) is 4.74. The zero-order chi connectivity index (χ0) is 13.2. The van der Waals surface area contributed by atoms with Gasteiger partial charge in [0, 0.05) is 20.1 Å². The highest BCUT2D eigenvalue weighted by Gasteiger charge is 2.31. The number of hydrogen-bond donors (Lipinski definition) is 1. The first-order chi connectivity index (χ1) is 8.55. The third-order valence-electron chi connectivity index (χ3n) is 3.44. The topological polar surface area (TPSA) is 81.2 Å². The van der Waals surface area contributed by atoms with Gasteiger partial charge in [0.15, 0.2) is 5.03 Å². The first-order valence-electron chi connectivity index (χ1n) is 6.24. The van der Waals surface area contributed by atoms with Crippen LogP contribution < -0.4 is 5.73 Å². The standard InChI is InChI=1S/C11H20N4O2S/c1-14-11(5-7-13-14)18(16,17)15-8-2-3-10(9-15)4-6-12/h5,7,10H,2-4,6,8-9,12H2,1H3. The van der Waals surface area contributed by atoms with Gasteiger partial charge in [-0.3, -0.25) is 4.68 Å². The van der Waals surface area contributed by atoms with Crippen LogP contribution in [-0.4, -0.2) is 42.1 Å². The van der Waals surface area contributed by atoms with Crippen molar-refractivity contribution in [2.75, 3.05) is 19.6 Å². The molecule has 1 unspecified atom stereocenters. The SMILES string of the molecule is Cn1nccc1S(=O)(=O)N1CCCC(CCN)C1. The largest absolute Gasteiger partial charge is 0.330 e. The Balaban J connectivity index is 2.18. The average molecular weight is 272 g/mol. The van der Waals surface area contributed by atoms with Crippen LogP contribution in [0, 0.1) is 5.92 Å². The highest BCUT2D eigenvalue weighted by atomic mass is 32.2. The number of piperidine rings is 1. The van der Waals surface area contributed by atoms with Crippen LogP contribution in [0.3, 0.4) is 0 Å². The number of rotatable bonds is 4. The van der Waals surface area contributed by atoms with Crippen molar-refractivity contribution >= 4 is 10.0 Å². The lowest BCUT2D eigenvalue weighted by Crippen LogP contribution is -2.41. The van der Waals surface area contributed by atoms with E-state index in [0.717, 1.165) is 19.3 Å². The lowest BCUT2D eigenvalue weighted by molar-refractivity contribution is 0.257. The van der Waals surface area contributed by atoms with Gasteiger partial charge >= 0.3 is 0 Å². The minimum absolute atomic E-state index is 0.260. The Morgan fingerprint density at radius 1 is 1.56 bits per heavy atom. The molecule has 1 aromatic heterocycles. The van der Waals surface area contributed by atoms with Gasteiger partial charge in [-0.15, -0.1) is 0 Å². The molecule has 1 fully saturated rings. The fraction of sp³-hybridized carbons (Fsp3) is 0.727. The molecule has 0 bridgehead atoms. The maximum absolute atomic E-state index is 12.5. The first-order valence-corrected chi connectivity index (χ1v) is 7.68. The van der Waals surface area contributed by atoms with Gasteiger partial charge in [-0.25, -0.2) is 8.42 Å². The molecule has 1 aliphatic rings. The van der Waals surface area contributed by atoms with E-state index in [-0.39, 0.29) is 5.03 Å². The van der Waals surface area contributed by atoms with E-state index in [4.69, 9.17) is 5.73 Å². The van der Waals surface area contributed by atoms with E-state index < -0.39 is 10.0 Å². The van der Waals surface area contributed by atoms with Crippen molar-refractivity contribution in [1.82, 2.24) is 14.1 Å². The number of nitrogens with zero attached hydrogens (tertiary/aromatic N) is 3. The van der Waals surface area contributed by atoms with Crippen LogP contribution in [0.2, 0.25) is 0 Å². The Morgan fingerprint density at radius 2 is 2.33 bits per heavy atom. The summed E-state index contributed by atoms with van der Waals surface area (Å²) in [7, 11) is -1.76. The molecular weight excluding hydrogens is 252 g/mol. The van der Waals surface area contributed by atoms with Crippen LogP contribution in [0.5, 0.6) is 0 Å². The molecule has 1 saturated heterocycles. The van der Waals surface area contributed by atoms with Crippen molar-refractivity contribution in [2.24, 2.45) is 18.7 Å². The van der Waals surface area contributed by atoms with E-state index in [1.54, 1.807) is 17.4 Å². The molecule has 0 saturated carbocycles. The summed E-state index contributed by atoms with van der Waals surface area (Å²) in [4.78, 5) is 0. The van der Waals surface area contributed by atoms with Gasteiger partial charge in [-0.1, -0.05) is 0 Å². The maximum Gasteiger partial charge on any atom is 0.260 e. The minimum atomic E-state index is -3.41. The molecule has 0 radical (unpaired) electrons. The van der Waals surface area contributed by atoms with E-state index in [9.17, 15) is 8.42 Å². The van der Waals surface area contributed by atoms with Crippen LogP contribution in [0.4, 0.5) is 0 Å². The summed E-state index contributed by atoms with van der Waals surface area (Å²) < 4.78 is 27.9. The fourth-order valence-corrected chi connectivity index (χ4v) is 4.12. The van der Waals surface area contributed by atoms with Gasteiger partial charge in [0.2, 0.25) is 0 Å². The van der Waals surface area contributed by atoms with Gasteiger partial charge in [-0.2, -0.15) is 9.40 Å². The summed E-state index contributed by atoms with van der Waals surface area (Å²) in [6.45, 7) is 1.78. The Labute approximate surface area is 108 Å². The van der Waals surface area contributed by atoms with E-state index >= 15 is 0 Å². The van der Waals surface area contributed by atoms with Gasteiger partial charge in [-0.05, 0) is 37.8 Å². The van der Waals surface area contributed by atoms with Crippen molar-refractivity contribution in [2.45, 2.75) is 24.3 Å². The van der Waals surface area contributed by atoms with Crippen molar-refractivity contribution in [1.29, 1.82) is 0 Å². The summed E-state index contributed by atoms with van der Waals surface area (Å²) in [5.41, 5.74) is 5.55. The van der Waals surface area contributed by atoms with Crippen LogP contribution in [0.25, 0.3) is 0 Å². The molecule has 7 heteroatoms. The van der Waals surface area contributed by atoms with Crippen molar-refractivity contribution in [3.63, 3.8) is 0 Å². The Kier molecular flexibility index (Phi) is 4.04. The van der Waals surface area contributed by atoms with Gasteiger partial charge in [0.1, 0.15) is 0 Å². The number of aryl methyl sites for hydroxylation is 1. The molecule has 1 aliphatic heterocycles. The highest BCUT2D eigenvalue weighted by Crippen LogP contribution is 2.24. The molecule has 18 heavy (non-hydrogen) atoms. The second-order valence-corrected chi connectivity index (χ2v) is 6.63. The average Bonchev–Trinajstić information content (AvgIpc) is 2.77. The fourth-order valence-electron chi connectivity index (χ4n) is 2.46. The Bertz CT molecular complexity index is 495. The zero-order valence-electron chi connectivity index (χ0n) is 10.6. The monoisotopic (exact) mass is 272 g/mol. The predicted molar refractivity (Wildman–Crippen MR) is 68.4 cm³/mol. The van der Waals surface area contributed by atoms with E-state index in [1.165, 1.54) is 10.9 Å². The molecule has 2 heterocycles. The summed E-state index contributed by atoms with van der Waals surface area (Å²) in [5, 5.41) is 4.18.